The Hall–Kier alpha value is -3.54. The molecule has 0 fully saturated rings. The Morgan fingerprint density at radius 3 is 2.48 bits per heavy atom. The van der Waals surface area contributed by atoms with Crippen LogP contribution in [0.25, 0.3) is 0 Å². The molecule has 2 aromatic carbocycles. The van der Waals surface area contributed by atoms with E-state index in [0.717, 1.165) is 23.5 Å². The first-order valence-electron chi connectivity index (χ1n) is 9.42. The minimum absolute atomic E-state index is 0.140. The molecule has 0 aliphatic heterocycles. The van der Waals surface area contributed by atoms with E-state index in [4.69, 9.17) is 9.47 Å². The van der Waals surface area contributed by atoms with E-state index in [-0.39, 0.29) is 5.91 Å². The Bertz CT molecular complexity index is 942. The number of pyridine rings is 1. The van der Waals surface area contributed by atoms with Crippen molar-refractivity contribution in [3.05, 3.63) is 83.6 Å². The SMILES string of the molecule is COc1ccc(CNC(=O)c2ccnc(NCCc3cccc(OC)c3)c2)cc1. The average molecular weight is 391 g/mol. The minimum atomic E-state index is -0.140. The predicted molar refractivity (Wildman–Crippen MR) is 114 cm³/mol. The number of benzene rings is 2. The molecule has 29 heavy (non-hydrogen) atoms. The molecular weight excluding hydrogens is 366 g/mol. The van der Waals surface area contributed by atoms with Gasteiger partial charge in [-0.15, -0.1) is 0 Å². The van der Waals surface area contributed by atoms with Crippen molar-refractivity contribution in [3.63, 3.8) is 0 Å². The molecule has 1 aromatic heterocycles. The number of nitrogens with zero attached hydrogens (tertiary/aromatic N) is 1. The van der Waals surface area contributed by atoms with Gasteiger partial charge in [0.2, 0.25) is 0 Å². The Morgan fingerprint density at radius 2 is 1.72 bits per heavy atom. The number of anilines is 1. The van der Waals surface area contributed by atoms with Crippen LogP contribution in [0.15, 0.2) is 66.9 Å². The zero-order valence-corrected chi connectivity index (χ0v) is 16.6. The summed E-state index contributed by atoms with van der Waals surface area (Å²) in [5.74, 6) is 2.17. The highest BCUT2D eigenvalue weighted by atomic mass is 16.5. The number of nitrogens with one attached hydrogen (secondary N) is 2. The number of carbonyl (C=O) groups excluding carboxylic acids is 1. The number of hydrogen-bond donors (Lipinski definition) is 2. The second-order valence-electron chi connectivity index (χ2n) is 6.49. The largest absolute Gasteiger partial charge is 0.497 e. The van der Waals surface area contributed by atoms with Gasteiger partial charge in [-0.1, -0.05) is 24.3 Å². The lowest BCUT2D eigenvalue weighted by molar-refractivity contribution is 0.0951. The lowest BCUT2D eigenvalue weighted by atomic mass is 10.1. The Morgan fingerprint density at radius 1 is 0.931 bits per heavy atom. The highest BCUT2D eigenvalue weighted by molar-refractivity contribution is 5.94. The van der Waals surface area contributed by atoms with Gasteiger partial charge in [0.05, 0.1) is 14.2 Å². The molecule has 1 amide bonds. The molecule has 0 aliphatic rings. The predicted octanol–water partition coefficient (Wildman–Crippen LogP) is 3.68. The van der Waals surface area contributed by atoms with Crippen molar-refractivity contribution in [2.75, 3.05) is 26.1 Å². The maximum Gasteiger partial charge on any atom is 0.251 e. The monoisotopic (exact) mass is 391 g/mol. The van der Waals surface area contributed by atoms with E-state index >= 15 is 0 Å². The summed E-state index contributed by atoms with van der Waals surface area (Å²) in [6, 6.07) is 19.0. The standard InChI is InChI=1S/C23H25N3O3/c1-28-20-8-6-18(7-9-20)16-26-23(27)19-11-13-25-22(15-19)24-12-10-17-4-3-5-21(14-17)29-2/h3-9,11,13-15H,10,12,16H2,1-2H3,(H,24,25)(H,26,27). The Kier molecular flexibility index (Phi) is 7.05. The Labute approximate surface area is 170 Å². The molecule has 2 N–H and O–H groups in total. The zero-order valence-electron chi connectivity index (χ0n) is 16.6. The molecular formula is C23H25N3O3. The summed E-state index contributed by atoms with van der Waals surface area (Å²) in [5, 5.41) is 6.19. The number of methoxy groups -OCH3 is 2. The summed E-state index contributed by atoms with van der Waals surface area (Å²) in [6.45, 7) is 1.15. The van der Waals surface area contributed by atoms with Crippen LogP contribution in [0.3, 0.4) is 0 Å². The lowest BCUT2D eigenvalue weighted by Gasteiger charge is -2.09. The first-order chi connectivity index (χ1) is 14.2. The molecule has 6 heteroatoms. The van der Waals surface area contributed by atoms with Gasteiger partial charge >= 0.3 is 0 Å². The topological polar surface area (TPSA) is 72.5 Å². The van der Waals surface area contributed by atoms with Crippen molar-refractivity contribution in [1.82, 2.24) is 10.3 Å². The second kappa shape index (κ2) is 10.1. The van der Waals surface area contributed by atoms with Crippen LogP contribution in [0, 0.1) is 0 Å². The first kappa shape index (κ1) is 20.2. The molecule has 0 saturated heterocycles. The van der Waals surface area contributed by atoms with Gasteiger partial charge in [0, 0.05) is 24.8 Å². The molecule has 0 radical (unpaired) electrons. The molecule has 0 saturated carbocycles. The van der Waals surface area contributed by atoms with Crippen LogP contribution in [0.1, 0.15) is 21.5 Å². The maximum absolute atomic E-state index is 12.5. The fraction of sp³-hybridized carbons (Fsp3) is 0.217. The fourth-order valence-electron chi connectivity index (χ4n) is 2.86. The quantitative estimate of drug-likeness (QED) is 0.582. The molecule has 0 atom stereocenters. The van der Waals surface area contributed by atoms with Crippen LogP contribution < -0.4 is 20.1 Å². The fourth-order valence-corrected chi connectivity index (χ4v) is 2.86. The number of rotatable bonds is 9. The summed E-state index contributed by atoms with van der Waals surface area (Å²) in [5.41, 5.74) is 2.74. The minimum Gasteiger partial charge on any atom is -0.497 e. The molecule has 0 aliphatic carbocycles. The molecule has 0 bridgehead atoms. The third kappa shape index (κ3) is 5.97. The van der Waals surface area contributed by atoms with E-state index in [1.165, 1.54) is 5.56 Å². The molecule has 3 rings (SSSR count). The highest BCUT2D eigenvalue weighted by Crippen LogP contribution is 2.14. The van der Waals surface area contributed by atoms with Crippen molar-refractivity contribution in [2.45, 2.75) is 13.0 Å². The van der Waals surface area contributed by atoms with Crippen molar-refractivity contribution >= 4 is 11.7 Å². The second-order valence-corrected chi connectivity index (χ2v) is 6.49. The average Bonchev–Trinajstić information content (AvgIpc) is 2.78. The van der Waals surface area contributed by atoms with Crippen LogP contribution in [-0.4, -0.2) is 31.7 Å². The number of aromatic nitrogens is 1. The van der Waals surface area contributed by atoms with Gasteiger partial charge in [0.15, 0.2) is 0 Å². The third-order valence-corrected chi connectivity index (χ3v) is 4.49. The third-order valence-electron chi connectivity index (χ3n) is 4.49. The number of hydrogen-bond acceptors (Lipinski definition) is 5. The number of carbonyl (C=O) groups is 1. The summed E-state index contributed by atoms with van der Waals surface area (Å²) in [7, 11) is 3.29. The van der Waals surface area contributed by atoms with Crippen molar-refractivity contribution < 1.29 is 14.3 Å². The van der Waals surface area contributed by atoms with E-state index in [0.29, 0.717) is 24.5 Å². The normalized spacial score (nSPS) is 10.3. The smallest absolute Gasteiger partial charge is 0.251 e. The molecule has 1 heterocycles. The van der Waals surface area contributed by atoms with Crippen molar-refractivity contribution in [1.29, 1.82) is 0 Å². The van der Waals surface area contributed by atoms with E-state index in [9.17, 15) is 4.79 Å². The summed E-state index contributed by atoms with van der Waals surface area (Å²) >= 11 is 0. The maximum atomic E-state index is 12.5. The van der Waals surface area contributed by atoms with E-state index in [1.54, 1.807) is 32.5 Å². The molecule has 6 nitrogen and oxygen atoms in total. The van der Waals surface area contributed by atoms with Crippen LogP contribution >= 0.6 is 0 Å². The van der Waals surface area contributed by atoms with Crippen LogP contribution in [0.2, 0.25) is 0 Å². The molecule has 0 unspecified atom stereocenters. The van der Waals surface area contributed by atoms with Gasteiger partial charge in [-0.25, -0.2) is 4.98 Å². The summed E-state index contributed by atoms with van der Waals surface area (Å²) in [4.78, 5) is 16.7. The van der Waals surface area contributed by atoms with Gasteiger partial charge in [0.25, 0.3) is 5.91 Å². The number of amides is 1. The first-order valence-corrected chi connectivity index (χ1v) is 9.42. The lowest BCUT2D eigenvalue weighted by Crippen LogP contribution is -2.23. The molecule has 0 spiro atoms. The van der Waals surface area contributed by atoms with Gasteiger partial charge < -0.3 is 20.1 Å². The van der Waals surface area contributed by atoms with Crippen LogP contribution in [0.4, 0.5) is 5.82 Å². The van der Waals surface area contributed by atoms with Crippen LogP contribution in [0.5, 0.6) is 11.5 Å². The van der Waals surface area contributed by atoms with E-state index in [2.05, 4.69) is 21.7 Å². The summed E-state index contributed by atoms with van der Waals surface area (Å²) in [6.07, 6.45) is 2.46. The van der Waals surface area contributed by atoms with Gasteiger partial charge in [-0.2, -0.15) is 0 Å². The zero-order chi connectivity index (χ0) is 20.5. The van der Waals surface area contributed by atoms with Gasteiger partial charge in [-0.3, -0.25) is 4.79 Å². The van der Waals surface area contributed by atoms with Crippen LogP contribution in [-0.2, 0) is 13.0 Å². The summed E-state index contributed by atoms with van der Waals surface area (Å²) < 4.78 is 10.4. The number of ether oxygens (including phenoxy) is 2. The van der Waals surface area contributed by atoms with Crippen molar-refractivity contribution in [2.24, 2.45) is 0 Å². The Balaban J connectivity index is 1.51. The van der Waals surface area contributed by atoms with E-state index < -0.39 is 0 Å². The highest BCUT2D eigenvalue weighted by Gasteiger charge is 2.07. The molecule has 3 aromatic rings. The molecule has 150 valence electrons. The van der Waals surface area contributed by atoms with Gasteiger partial charge in [0.1, 0.15) is 17.3 Å². The van der Waals surface area contributed by atoms with Gasteiger partial charge in [-0.05, 0) is 53.9 Å². The van der Waals surface area contributed by atoms with Crippen molar-refractivity contribution in [3.8, 4) is 11.5 Å². The van der Waals surface area contributed by atoms with E-state index in [1.807, 2.05) is 42.5 Å².